The summed E-state index contributed by atoms with van der Waals surface area (Å²) in [6.45, 7) is 11.0. The van der Waals surface area contributed by atoms with Crippen molar-refractivity contribution in [3.63, 3.8) is 0 Å². The van der Waals surface area contributed by atoms with Crippen LogP contribution in [0.2, 0.25) is 0 Å². The van der Waals surface area contributed by atoms with Crippen molar-refractivity contribution >= 4 is 35.8 Å². The van der Waals surface area contributed by atoms with Crippen molar-refractivity contribution in [1.82, 2.24) is 20.4 Å². The van der Waals surface area contributed by atoms with Gasteiger partial charge in [-0.1, -0.05) is 31.2 Å². The summed E-state index contributed by atoms with van der Waals surface area (Å²) in [5.74, 6) is 1.16. The first kappa shape index (κ1) is 25.9. The standard InChI is InChI=1S/C24H39N5O.HI/c1-3-22(29-17-7-8-23(29)30)13-14-26-24(25-4-2)27-18-20-9-11-21(12-10-20)19-28-15-5-6-16-28;/h9-12,22H,3-8,13-19H2,1-2H3,(H2,25,26,27);1H. The van der Waals surface area contributed by atoms with Crippen LogP contribution in [0.15, 0.2) is 29.3 Å². The largest absolute Gasteiger partial charge is 0.357 e. The number of benzene rings is 1. The minimum atomic E-state index is 0. The lowest BCUT2D eigenvalue weighted by Gasteiger charge is -2.27. The fourth-order valence-electron chi connectivity index (χ4n) is 4.45. The summed E-state index contributed by atoms with van der Waals surface area (Å²) in [6, 6.07) is 9.21. The molecule has 2 fully saturated rings. The molecule has 2 saturated heterocycles. The molecule has 2 aliphatic heterocycles. The Morgan fingerprint density at radius 1 is 1.03 bits per heavy atom. The number of aliphatic imine (C=N–C) groups is 1. The maximum absolute atomic E-state index is 12.0. The number of hydrogen-bond acceptors (Lipinski definition) is 3. The Morgan fingerprint density at radius 3 is 2.35 bits per heavy atom. The molecule has 1 atom stereocenters. The smallest absolute Gasteiger partial charge is 0.222 e. The van der Waals surface area contributed by atoms with Crippen molar-refractivity contribution in [2.24, 2.45) is 4.99 Å². The van der Waals surface area contributed by atoms with E-state index in [1.165, 1.54) is 37.1 Å². The predicted octanol–water partition coefficient (Wildman–Crippen LogP) is 3.75. The van der Waals surface area contributed by atoms with E-state index in [4.69, 9.17) is 4.99 Å². The molecular formula is C24H40IN5O. The third-order valence-electron chi connectivity index (χ3n) is 6.18. The third-order valence-corrected chi connectivity index (χ3v) is 6.18. The van der Waals surface area contributed by atoms with Gasteiger partial charge < -0.3 is 15.5 Å². The highest BCUT2D eigenvalue weighted by atomic mass is 127. The Kier molecular flexibility index (Phi) is 11.6. The van der Waals surface area contributed by atoms with Crippen molar-refractivity contribution < 1.29 is 4.79 Å². The molecule has 0 bridgehead atoms. The third kappa shape index (κ3) is 8.25. The van der Waals surface area contributed by atoms with E-state index >= 15 is 0 Å². The Morgan fingerprint density at radius 2 is 1.74 bits per heavy atom. The van der Waals surface area contributed by atoms with Gasteiger partial charge in [-0.15, -0.1) is 24.0 Å². The van der Waals surface area contributed by atoms with Crippen LogP contribution < -0.4 is 10.6 Å². The molecule has 7 heteroatoms. The van der Waals surface area contributed by atoms with Gasteiger partial charge in [0.1, 0.15) is 0 Å². The summed E-state index contributed by atoms with van der Waals surface area (Å²) in [5.41, 5.74) is 2.61. The number of carbonyl (C=O) groups is 1. The molecule has 0 aromatic heterocycles. The number of likely N-dealkylation sites (tertiary alicyclic amines) is 2. The van der Waals surface area contributed by atoms with Gasteiger partial charge in [0.25, 0.3) is 0 Å². The number of hydrogen-bond donors (Lipinski definition) is 2. The molecule has 2 heterocycles. The van der Waals surface area contributed by atoms with Crippen LogP contribution in [0.1, 0.15) is 63.5 Å². The zero-order valence-electron chi connectivity index (χ0n) is 19.2. The summed E-state index contributed by atoms with van der Waals surface area (Å²) in [5, 5.41) is 6.78. The molecule has 6 nitrogen and oxygen atoms in total. The summed E-state index contributed by atoms with van der Waals surface area (Å²) < 4.78 is 0. The zero-order valence-corrected chi connectivity index (χ0v) is 21.6. The van der Waals surface area contributed by atoms with E-state index in [1.54, 1.807) is 0 Å². The Balaban J connectivity index is 0.00000341. The molecule has 2 N–H and O–H groups in total. The topological polar surface area (TPSA) is 60.0 Å². The van der Waals surface area contributed by atoms with Crippen LogP contribution in [0.4, 0.5) is 0 Å². The molecule has 0 saturated carbocycles. The second kappa shape index (κ2) is 13.9. The van der Waals surface area contributed by atoms with E-state index in [9.17, 15) is 4.79 Å². The van der Waals surface area contributed by atoms with Crippen LogP contribution in [0, 0.1) is 0 Å². The fourth-order valence-corrected chi connectivity index (χ4v) is 4.45. The first-order chi connectivity index (χ1) is 14.7. The monoisotopic (exact) mass is 541 g/mol. The van der Waals surface area contributed by atoms with Crippen LogP contribution in [0.5, 0.6) is 0 Å². The zero-order chi connectivity index (χ0) is 21.2. The van der Waals surface area contributed by atoms with Crippen LogP contribution in [-0.4, -0.2) is 60.4 Å². The van der Waals surface area contributed by atoms with Gasteiger partial charge in [-0.25, -0.2) is 4.99 Å². The lowest BCUT2D eigenvalue weighted by atomic mass is 10.1. The van der Waals surface area contributed by atoms with Crippen molar-refractivity contribution in [1.29, 1.82) is 0 Å². The fraction of sp³-hybridized carbons (Fsp3) is 0.667. The average molecular weight is 542 g/mol. The highest BCUT2D eigenvalue weighted by Crippen LogP contribution is 2.17. The summed E-state index contributed by atoms with van der Waals surface area (Å²) in [6.07, 6.45) is 6.35. The molecule has 1 aromatic rings. The normalized spacial score (nSPS) is 18.2. The minimum Gasteiger partial charge on any atom is -0.357 e. The number of carbonyl (C=O) groups excluding carboxylic acids is 1. The first-order valence-electron chi connectivity index (χ1n) is 11.8. The van der Waals surface area contributed by atoms with E-state index in [0.29, 0.717) is 24.9 Å². The number of amides is 1. The second-order valence-electron chi connectivity index (χ2n) is 8.46. The molecule has 0 radical (unpaired) electrons. The van der Waals surface area contributed by atoms with Gasteiger partial charge >= 0.3 is 0 Å². The number of rotatable bonds is 10. The predicted molar refractivity (Wildman–Crippen MR) is 139 cm³/mol. The van der Waals surface area contributed by atoms with Crippen molar-refractivity contribution in [3.05, 3.63) is 35.4 Å². The molecule has 1 amide bonds. The molecule has 1 aromatic carbocycles. The van der Waals surface area contributed by atoms with Gasteiger partial charge in [0, 0.05) is 38.6 Å². The Hall–Kier alpha value is -1.35. The molecule has 31 heavy (non-hydrogen) atoms. The summed E-state index contributed by atoms with van der Waals surface area (Å²) in [4.78, 5) is 21.4. The number of nitrogens with one attached hydrogen (secondary N) is 2. The van der Waals surface area contributed by atoms with Crippen molar-refractivity contribution in [2.75, 3.05) is 32.7 Å². The van der Waals surface area contributed by atoms with E-state index in [-0.39, 0.29) is 24.0 Å². The van der Waals surface area contributed by atoms with E-state index in [2.05, 4.69) is 58.5 Å². The van der Waals surface area contributed by atoms with E-state index < -0.39 is 0 Å². The van der Waals surface area contributed by atoms with Gasteiger partial charge in [-0.05, 0) is 63.2 Å². The van der Waals surface area contributed by atoms with E-state index in [1.807, 2.05) is 0 Å². The molecular weight excluding hydrogens is 501 g/mol. The summed E-state index contributed by atoms with van der Waals surface area (Å²) >= 11 is 0. The van der Waals surface area contributed by atoms with Gasteiger partial charge in [-0.2, -0.15) is 0 Å². The number of halogens is 1. The quantitative estimate of drug-likeness (QED) is 0.269. The first-order valence-corrected chi connectivity index (χ1v) is 11.8. The van der Waals surface area contributed by atoms with Crippen LogP contribution in [0.25, 0.3) is 0 Å². The van der Waals surface area contributed by atoms with Gasteiger partial charge in [0.2, 0.25) is 5.91 Å². The number of guanidine groups is 1. The lowest BCUT2D eigenvalue weighted by Crippen LogP contribution is -2.42. The highest BCUT2D eigenvalue weighted by Gasteiger charge is 2.26. The molecule has 0 spiro atoms. The van der Waals surface area contributed by atoms with Gasteiger partial charge in [0.05, 0.1) is 6.54 Å². The molecule has 174 valence electrons. The molecule has 0 aliphatic carbocycles. The highest BCUT2D eigenvalue weighted by molar-refractivity contribution is 14.0. The van der Waals surface area contributed by atoms with Crippen LogP contribution in [-0.2, 0) is 17.9 Å². The van der Waals surface area contributed by atoms with Crippen LogP contribution >= 0.6 is 24.0 Å². The van der Waals surface area contributed by atoms with Gasteiger partial charge in [0.15, 0.2) is 5.96 Å². The van der Waals surface area contributed by atoms with Crippen LogP contribution in [0.3, 0.4) is 0 Å². The Bertz CT molecular complexity index is 688. The van der Waals surface area contributed by atoms with Crippen molar-refractivity contribution in [2.45, 2.75) is 71.5 Å². The Labute approximate surface area is 205 Å². The lowest BCUT2D eigenvalue weighted by molar-refractivity contribution is -0.129. The molecule has 1 unspecified atom stereocenters. The maximum atomic E-state index is 12.0. The second-order valence-corrected chi connectivity index (χ2v) is 8.46. The average Bonchev–Trinajstić information content (AvgIpc) is 3.42. The van der Waals surface area contributed by atoms with E-state index in [0.717, 1.165) is 51.4 Å². The van der Waals surface area contributed by atoms with Crippen molar-refractivity contribution in [3.8, 4) is 0 Å². The summed E-state index contributed by atoms with van der Waals surface area (Å²) in [7, 11) is 0. The maximum Gasteiger partial charge on any atom is 0.222 e. The minimum absolute atomic E-state index is 0. The van der Waals surface area contributed by atoms with Gasteiger partial charge in [-0.3, -0.25) is 9.69 Å². The number of nitrogens with zero attached hydrogens (tertiary/aromatic N) is 3. The SMILES string of the molecule is CCNC(=NCc1ccc(CN2CCCC2)cc1)NCCC(CC)N1CCCC1=O.I. The molecule has 2 aliphatic rings. The molecule has 3 rings (SSSR count).